The highest BCUT2D eigenvalue weighted by atomic mass is 16.5. The number of nitrogens with two attached hydrogens (primary N) is 1. The lowest BCUT2D eigenvalue weighted by molar-refractivity contribution is -0.119. The normalized spacial score (nSPS) is 15.6. The molecule has 1 aliphatic rings. The van der Waals surface area contributed by atoms with Gasteiger partial charge < -0.3 is 25.1 Å². The van der Waals surface area contributed by atoms with E-state index in [1.807, 2.05) is 36.4 Å². The van der Waals surface area contributed by atoms with Crippen LogP contribution in [-0.4, -0.2) is 23.3 Å². The van der Waals surface area contributed by atoms with Crippen LogP contribution in [0.15, 0.2) is 71.3 Å². The molecule has 2 amide bonds. The molecular formula is C21H19N3O4. The maximum Gasteiger partial charge on any atom is 0.258 e. The Hall–Kier alpha value is -3.74. The van der Waals surface area contributed by atoms with Gasteiger partial charge in [-0.25, -0.2) is 0 Å². The van der Waals surface area contributed by atoms with E-state index < -0.39 is 5.91 Å². The molecule has 7 nitrogen and oxygen atoms in total. The third kappa shape index (κ3) is 3.55. The largest absolute Gasteiger partial charge is 0.484 e. The van der Waals surface area contributed by atoms with Gasteiger partial charge in [-0.15, -0.1) is 0 Å². The zero-order valence-electron chi connectivity index (χ0n) is 15.0. The van der Waals surface area contributed by atoms with Crippen LogP contribution in [0.25, 0.3) is 0 Å². The average molecular weight is 377 g/mol. The van der Waals surface area contributed by atoms with Crippen molar-refractivity contribution in [3.8, 4) is 5.75 Å². The zero-order chi connectivity index (χ0) is 19.5. The summed E-state index contributed by atoms with van der Waals surface area (Å²) in [5.41, 5.74) is 7.38. The van der Waals surface area contributed by atoms with Crippen molar-refractivity contribution in [1.82, 2.24) is 4.90 Å². The van der Waals surface area contributed by atoms with E-state index in [2.05, 4.69) is 5.32 Å². The third-order valence-electron chi connectivity index (χ3n) is 4.51. The number of benzene rings is 2. The fraction of sp³-hybridized carbons (Fsp3) is 0.143. The number of furan rings is 1. The van der Waals surface area contributed by atoms with E-state index in [0.717, 1.165) is 11.3 Å². The summed E-state index contributed by atoms with van der Waals surface area (Å²) in [7, 11) is 0. The number of hydrogen-bond acceptors (Lipinski definition) is 5. The zero-order valence-corrected chi connectivity index (χ0v) is 15.0. The molecule has 1 aromatic heterocycles. The Labute approximate surface area is 161 Å². The van der Waals surface area contributed by atoms with E-state index in [4.69, 9.17) is 14.9 Å². The highest BCUT2D eigenvalue weighted by Gasteiger charge is 2.33. The molecule has 4 rings (SSSR count). The van der Waals surface area contributed by atoms with Crippen LogP contribution in [0.4, 0.5) is 5.69 Å². The summed E-state index contributed by atoms with van der Waals surface area (Å²) < 4.78 is 10.8. The molecular weight excluding hydrogens is 358 g/mol. The van der Waals surface area contributed by atoms with E-state index in [9.17, 15) is 9.59 Å². The van der Waals surface area contributed by atoms with E-state index in [1.165, 1.54) is 0 Å². The highest BCUT2D eigenvalue weighted by Crippen LogP contribution is 2.34. The van der Waals surface area contributed by atoms with Gasteiger partial charge in [-0.3, -0.25) is 9.59 Å². The molecule has 7 heteroatoms. The summed E-state index contributed by atoms with van der Waals surface area (Å²) in [6, 6.07) is 18.2. The standard InChI is InChI=1S/C21H19N3O4/c22-19(25)13-28-15-9-7-14(8-10-15)20-23-18-6-2-1-5-17(18)21(26)24(20)12-16-4-3-11-27-16/h1-11,20,23H,12-13H2,(H2,22,25)/t20-/m0/s1. The lowest BCUT2D eigenvalue weighted by Gasteiger charge is -2.37. The number of ether oxygens (including phenoxy) is 1. The van der Waals surface area contributed by atoms with Crippen LogP contribution < -0.4 is 15.8 Å². The molecule has 2 heterocycles. The molecule has 1 aliphatic heterocycles. The second-order valence-corrected chi connectivity index (χ2v) is 6.43. The maximum absolute atomic E-state index is 13.1. The summed E-state index contributed by atoms with van der Waals surface area (Å²) in [6.07, 6.45) is 1.21. The Morgan fingerprint density at radius 3 is 2.61 bits per heavy atom. The molecule has 1 atom stereocenters. The number of carbonyl (C=O) groups excluding carboxylic acids is 2. The highest BCUT2D eigenvalue weighted by molar-refractivity contribution is 6.01. The summed E-state index contributed by atoms with van der Waals surface area (Å²) in [6.45, 7) is 0.148. The molecule has 3 N–H and O–H groups in total. The second kappa shape index (κ2) is 7.48. The number of amides is 2. The van der Waals surface area contributed by atoms with Crippen molar-refractivity contribution in [3.63, 3.8) is 0 Å². The van der Waals surface area contributed by atoms with Gasteiger partial charge in [0, 0.05) is 5.69 Å². The first kappa shape index (κ1) is 17.7. The average Bonchev–Trinajstić information content (AvgIpc) is 3.22. The lowest BCUT2D eigenvalue weighted by atomic mass is 10.0. The van der Waals surface area contributed by atoms with Gasteiger partial charge in [0.05, 0.1) is 18.4 Å². The number of para-hydroxylation sites is 1. The molecule has 28 heavy (non-hydrogen) atoms. The quantitative estimate of drug-likeness (QED) is 0.688. The SMILES string of the molecule is NC(=O)COc1ccc([C@H]2Nc3ccccc3C(=O)N2Cc2ccco2)cc1. The first-order chi connectivity index (χ1) is 13.6. The number of rotatable bonds is 6. The van der Waals surface area contributed by atoms with Gasteiger partial charge in [-0.2, -0.15) is 0 Å². The van der Waals surface area contributed by atoms with E-state index in [-0.39, 0.29) is 18.7 Å². The number of fused-ring (bicyclic) bond motifs is 1. The molecule has 142 valence electrons. The summed E-state index contributed by atoms with van der Waals surface area (Å²) in [4.78, 5) is 25.7. The Morgan fingerprint density at radius 1 is 1.11 bits per heavy atom. The van der Waals surface area contributed by atoms with E-state index >= 15 is 0 Å². The Morgan fingerprint density at radius 2 is 1.89 bits per heavy atom. The second-order valence-electron chi connectivity index (χ2n) is 6.43. The molecule has 0 fully saturated rings. The predicted octanol–water partition coefficient (Wildman–Crippen LogP) is 2.91. The first-order valence-corrected chi connectivity index (χ1v) is 8.82. The molecule has 0 spiro atoms. The minimum Gasteiger partial charge on any atom is -0.484 e. The number of nitrogens with one attached hydrogen (secondary N) is 1. The fourth-order valence-corrected chi connectivity index (χ4v) is 3.19. The van der Waals surface area contributed by atoms with E-state index in [0.29, 0.717) is 23.6 Å². The van der Waals surface area contributed by atoms with Crippen LogP contribution in [0.2, 0.25) is 0 Å². The maximum atomic E-state index is 13.1. The van der Waals surface area contributed by atoms with Crippen LogP contribution in [0.3, 0.4) is 0 Å². The van der Waals surface area contributed by atoms with Gasteiger partial charge in [0.1, 0.15) is 17.7 Å². The van der Waals surface area contributed by atoms with Gasteiger partial charge in [0.25, 0.3) is 11.8 Å². The molecule has 0 unspecified atom stereocenters. The van der Waals surface area contributed by atoms with Crippen LogP contribution in [0, 0.1) is 0 Å². The summed E-state index contributed by atoms with van der Waals surface area (Å²) >= 11 is 0. The van der Waals surface area contributed by atoms with Gasteiger partial charge in [-0.05, 0) is 42.0 Å². The Balaban J connectivity index is 1.64. The molecule has 0 radical (unpaired) electrons. The van der Waals surface area contributed by atoms with Crippen molar-refractivity contribution < 1.29 is 18.7 Å². The van der Waals surface area contributed by atoms with Gasteiger partial charge in [-0.1, -0.05) is 24.3 Å². The number of carbonyl (C=O) groups is 2. The Kier molecular flexibility index (Phi) is 4.72. The molecule has 2 aromatic carbocycles. The smallest absolute Gasteiger partial charge is 0.258 e. The van der Waals surface area contributed by atoms with Crippen LogP contribution >= 0.6 is 0 Å². The van der Waals surface area contributed by atoms with Crippen molar-refractivity contribution in [2.24, 2.45) is 5.73 Å². The summed E-state index contributed by atoms with van der Waals surface area (Å²) in [5.74, 6) is 0.610. The monoisotopic (exact) mass is 377 g/mol. The van der Waals surface area contributed by atoms with Crippen molar-refractivity contribution in [2.75, 3.05) is 11.9 Å². The van der Waals surface area contributed by atoms with E-state index in [1.54, 1.807) is 35.4 Å². The summed E-state index contributed by atoms with van der Waals surface area (Å²) in [5, 5.41) is 3.42. The lowest BCUT2D eigenvalue weighted by Crippen LogP contribution is -2.42. The topological polar surface area (TPSA) is 97.8 Å². The number of hydrogen-bond donors (Lipinski definition) is 2. The van der Waals surface area contributed by atoms with Gasteiger partial charge >= 0.3 is 0 Å². The molecule has 0 saturated carbocycles. The molecule has 3 aromatic rings. The number of nitrogens with zero attached hydrogens (tertiary/aromatic N) is 1. The molecule has 0 saturated heterocycles. The van der Waals surface area contributed by atoms with Gasteiger partial charge in [0.15, 0.2) is 6.61 Å². The number of primary amides is 1. The van der Waals surface area contributed by atoms with Crippen LogP contribution in [-0.2, 0) is 11.3 Å². The van der Waals surface area contributed by atoms with Crippen LogP contribution in [0.1, 0.15) is 27.8 Å². The van der Waals surface area contributed by atoms with Crippen molar-refractivity contribution >= 4 is 17.5 Å². The van der Waals surface area contributed by atoms with Crippen molar-refractivity contribution in [1.29, 1.82) is 0 Å². The predicted molar refractivity (Wildman–Crippen MR) is 103 cm³/mol. The molecule has 0 aliphatic carbocycles. The number of anilines is 1. The third-order valence-corrected chi connectivity index (χ3v) is 4.51. The minimum absolute atomic E-state index is 0.0789. The molecule has 0 bridgehead atoms. The fourth-order valence-electron chi connectivity index (χ4n) is 3.19. The van der Waals surface area contributed by atoms with Crippen LogP contribution in [0.5, 0.6) is 5.75 Å². The Bertz CT molecular complexity index is 983. The van der Waals surface area contributed by atoms with Gasteiger partial charge in [0.2, 0.25) is 0 Å². The van der Waals surface area contributed by atoms with Crippen molar-refractivity contribution in [2.45, 2.75) is 12.7 Å². The van der Waals surface area contributed by atoms with Crippen molar-refractivity contribution in [3.05, 3.63) is 83.8 Å². The first-order valence-electron chi connectivity index (χ1n) is 8.82. The minimum atomic E-state index is -0.537.